The minimum absolute atomic E-state index is 0.265. The summed E-state index contributed by atoms with van der Waals surface area (Å²) in [4.78, 5) is 0. The number of nitrogens with zero attached hydrogens (tertiary/aromatic N) is 2. The van der Waals surface area contributed by atoms with Crippen LogP contribution < -0.4 is 4.74 Å². The normalized spacial score (nSPS) is 11.2. The van der Waals surface area contributed by atoms with Crippen molar-refractivity contribution in [2.75, 3.05) is 7.11 Å². The molecule has 1 aromatic heterocycles. The predicted octanol–water partition coefficient (Wildman–Crippen LogP) is 5.99. The minimum Gasteiger partial charge on any atom is -0.496 e. The van der Waals surface area contributed by atoms with Gasteiger partial charge in [-0.05, 0) is 42.5 Å². The highest BCUT2D eigenvalue weighted by Gasteiger charge is 2.18. The van der Waals surface area contributed by atoms with E-state index in [4.69, 9.17) is 9.84 Å². The molecule has 0 N–H and O–H groups in total. The second kappa shape index (κ2) is 6.50. The van der Waals surface area contributed by atoms with Crippen molar-refractivity contribution in [3.8, 4) is 22.7 Å². The Morgan fingerprint density at radius 2 is 1.46 bits per heavy atom. The Morgan fingerprint density at radius 1 is 0.786 bits per heavy atom. The van der Waals surface area contributed by atoms with Crippen molar-refractivity contribution in [1.29, 1.82) is 0 Å². The van der Waals surface area contributed by atoms with Gasteiger partial charge in [0.05, 0.1) is 18.3 Å². The largest absolute Gasteiger partial charge is 0.496 e. The van der Waals surface area contributed by atoms with Gasteiger partial charge in [-0.2, -0.15) is 5.10 Å². The highest BCUT2D eigenvalue weighted by molar-refractivity contribution is 6.13. The number of halogens is 1. The molecule has 0 aliphatic heterocycles. The van der Waals surface area contributed by atoms with Crippen molar-refractivity contribution in [1.82, 2.24) is 9.78 Å². The van der Waals surface area contributed by atoms with Crippen molar-refractivity contribution >= 4 is 21.7 Å². The van der Waals surface area contributed by atoms with Gasteiger partial charge < -0.3 is 4.74 Å². The highest BCUT2D eigenvalue weighted by Crippen LogP contribution is 2.39. The Kier molecular flexibility index (Phi) is 3.83. The van der Waals surface area contributed by atoms with E-state index < -0.39 is 0 Å². The molecule has 0 radical (unpaired) electrons. The van der Waals surface area contributed by atoms with Gasteiger partial charge in [-0.15, -0.1) is 0 Å². The molecule has 28 heavy (non-hydrogen) atoms. The predicted molar refractivity (Wildman–Crippen MR) is 111 cm³/mol. The van der Waals surface area contributed by atoms with E-state index in [9.17, 15) is 4.39 Å². The summed E-state index contributed by atoms with van der Waals surface area (Å²) in [6.45, 7) is 0. The van der Waals surface area contributed by atoms with Crippen LogP contribution in [0.4, 0.5) is 4.39 Å². The molecular weight excluding hydrogens is 351 g/mol. The van der Waals surface area contributed by atoms with E-state index in [0.717, 1.165) is 44.4 Å². The Hall–Kier alpha value is -3.66. The van der Waals surface area contributed by atoms with Crippen LogP contribution >= 0.6 is 0 Å². The Bertz CT molecular complexity index is 1290. The molecule has 4 heteroatoms. The molecule has 0 saturated carbocycles. The average Bonchev–Trinajstić information content (AvgIpc) is 3.14. The fourth-order valence-electron chi connectivity index (χ4n) is 3.69. The van der Waals surface area contributed by atoms with E-state index in [2.05, 4.69) is 6.07 Å². The standard InChI is InChI=1S/C24H17FN2O/c1-28-22-15-21-23(16-11-13-17(25)14-12-16)26-27(18-7-3-2-4-8-18)24(21)20-10-6-5-9-19(20)22/h2-15H,1H3. The first-order valence-corrected chi connectivity index (χ1v) is 9.06. The summed E-state index contributed by atoms with van der Waals surface area (Å²) in [6.07, 6.45) is 0. The summed E-state index contributed by atoms with van der Waals surface area (Å²) in [5.41, 5.74) is 3.62. The molecule has 4 aromatic carbocycles. The molecule has 0 saturated heterocycles. The summed E-state index contributed by atoms with van der Waals surface area (Å²) in [5, 5.41) is 7.97. The number of methoxy groups -OCH3 is 1. The molecule has 3 nitrogen and oxygen atoms in total. The maximum absolute atomic E-state index is 13.5. The van der Waals surface area contributed by atoms with Crippen LogP contribution in [-0.4, -0.2) is 16.9 Å². The fraction of sp³-hybridized carbons (Fsp3) is 0.0417. The van der Waals surface area contributed by atoms with Gasteiger partial charge in [-0.25, -0.2) is 9.07 Å². The van der Waals surface area contributed by atoms with E-state index in [0.29, 0.717) is 0 Å². The van der Waals surface area contributed by atoms with Crippen LogP contribution in [0.1, 0.15) is 0 Å². The van der Waals surface area contributed by atoms with E-state index in [1.165, 1.54) is 12.1 Å². The summed E-state index contributed by atoms with van der Waals surface area (Å²) in [6, 6.07) is 26.6. The molecule has 0 aliphatic carbocycles. The molecular formula is C24H17FN2O. The van der Waals surface area contributed by atoms with Crippen LogP contribution in [0.15, 0.2) is 84.9 Å². The summed E-state index contributed by atoms with van der Waals surface area (Å²) in [7, 11) is 1.67. The number of fused-ring (bicyclic) bond motifs is 3. The van der Waals surface area contributed by atoms with E-state index >= 15 is 0 Å². The van der Waals surface area contributed by atoms with E-state index in [1.54, 1.807) is 19.2 Å². The highest BCUT2D eigenvalue weighted by atomic mass is 19.1. The maximum Gasteiger partial charge on any atom is 0.127 e. The first kappa shape index (κ1) is 16.5. The van der Waals surface area contributed by atoms with Crippen molar-refractivity contribution in [2.45, 2.75) is 0 Å². The molecule has 136 valence electrons. The molecule has 0 amide bonds. The SMILES string of the molecule is COc1cc2c(-c3ccc(F)cc3)nn(-c3ccccc3)c2c2ccccc12. The molecule has 0 unspecified atom stereocenters. The topological polar surface area (TPSA) is 27.1 Å². The van der Waals surface area contributed by atoms with Crippen molar-refractivity contribution < 1.29 is 9.13 Å². The number of rotatable bonds is 3. The lowest BCUT2D eigenvalue weighted by atomic mass is 10.0. The van der Waals surface area contributed by atoms with Gasteiger partial charge in [-0.1, -0.05) is 42.5 Å². The van der Waals surface area contributed by atoms with Gasteiger partial charge in [-0.3, -0.25) is 0 Å². The minimum atomic E-state index is -0.265. The smallest absolute Gasteiger partial charge is 0.127 e. The second-order valence-corrected chi connectivity index (χ2v) is 6.62. The molecule has 0 bridgehead atoms. The Morgan fingerprint density at radius 3 is 2.18 bits per heavy atom. The number of para-hydroxylation sites is 1. The van der Waals surface area contributed by atoms with E-state index in [1.807, 2.05) is 59.3 Å². The van der Waals surface area contributed by atoms with E-state index in [-0.39, 0.29) is 5.82 Å². The summed E-state index contributed by atoms with van der Waals surface area (Å²) < 4.78 is 21.1. The lowest BCUT2D eigenvalue weighted by Gasteiger charge is -2.09. The number of benzene rings is 4. The van der Waals surface area contributed by atoms with Crippen molar-refractivity contribution in [3.05, 3.63) is 90.7 Å². The monoisotopic (exact) mass is 368 g/mol. The van der Waals surface area contributed by atoms with Gasteiger partial charge in [0, 0.05) is 21.7 Å². The van der Waals surface area contributed by atoms with Crippen LogP contribution in [-0.2, 0) is 0 Å². The fourth-order valence-corrected chi connectivity index (χ4v) is 3.69. The zero-order chi connectivity index (χ0) is 19.1. The molecule has 1 heterocycles. The second-order valence-electron chi connectivity index (χ2n) is 6.62. The van der Waals surface area contributed by atoms with Crippen LogP contribution in [0.2, 0.25) is 0 Å². The zero-order valence-electron chi connectivity index (χ0n) is 15.3. The van der Waals surface area contributed by atoms with Gasteiger partial charge in [0.15, 0.2) is 0 Å². The molecule has 5 aromatic rings. The van der Waals surface area contributed by atoms with Crippen LogP contribution in [0.3, 0.4) is 0 Å². The number of ether oxygens (including phenoxy) is 1. The van der Waals surface area contributed by atoms with Gasteiger partial charge in [0.2, 0.25) is 0 Å². The molecule has 5 rings (SSSR count). The summed E-state index contributed by atoms with van der Waals surface area (Å²) in [5.74, 6) is 0.526. The molecule has 0 fully saturated rings. The lowest BCUT2D eigenvalue weighted by molar-refractivity contribution is 0.420. The first-order valence-electron chi connectivity index (χ1n) is 9.06. The summed E-state index contributed by atoms with van der Waals surface area (Å²) >= 11 is 0. The van der Waals surface area contributed by atoms with Gasteiger partial charge in [0.25, 0.3) is 0 Å². The number of hydrogen-bond acceptors (Lipinski definition) is 2. The van der Waals surface area contributed by atoms with Gasteiger partial charge >= 0.3 is 0 Å². The quantitative estimate of drug-likeness (QED) is 0.391. The average molecular weight is 368 g/mol. The first-order chi connectivity index (χ1) is 13.8. The molecule has 0 aliphatic rings. The Labute approximate surface area is 161 Å². The molecule has 0 spiro atoms. The molecule has 0 atom stereocenters. The number of hydrogen-bond donors (Lipinski definition) is 0. The van der Waals surface area contributed by atoms with Crippen LogP contribution in [0.5, 0.6) is 5.75 Å². The van der Waals surface area contributed by atoms with Crippen molar-refractivity contribution in [2.24, 2.45) is 0 Å². The zero-order valence-corrected chi connectivity index (χ0v) is 15.3. The van der Waals surface area contributed by atoms with Gasteiger partial charge in [0.1, 0.15) is 17.3 Å². The van der Waals surface area contributed by atoms with Crippen LogP contribution in [0, 0.1) is 5.82 Å². The van der Waals surface area contributed by atoms with Crippen molar-refractivity contribution in [3.63, 3.8) is 0 Å². The maximum atomic E-state index is 13.5. The van der Waals surface area contributed by atoms with Crippen LogP contribution in [0.25, 0.3) is 38.6 Å². The third kappa shape index (κ3) is 2.54. The number of aromatic nitrogens is 2. The third-order valence-corrected chi connectivity index (χ3v) is 4.98. The third-order valence-electron chi connectivity index (χ3n) is 4.98. The lowest BCUT2D eigenvalue weighted by Crippen LogP contribution is -1.97. The Balaban J connectivity index is 1.94.